The third-order valence-corrected chi connectivity index (χ3v) is 4.73. The molecule has 1 atom stereocenters. The Morgan fingerprint density at radius 1 is 1.29 bits per heavy atom. The number of methoxy groups -OCH3 is 1. The van der Waals surface area contributed by atoms with Crippen molar-refractivity contribution in [3.05, 3.63) is 52.6 Å². The van der Waals surface area contributed by atoms with Crippen molar-refractivity contribution < 1.29 is 11.0 Å². The topological polar surface area (TPSA) is 38.3 Å². The van der Waals surface area contributed by atoms with E-state index in [2.05, 4.69) is 71.1 Å². The molecule has 158 valence electrons. The zero-order valence-electron chi connectivity index (χ0n) is 18.8. The summed E-state index contributed by atoms with van der Waals surface area (Å²) in [6.45, 7) is 14.5. The molecule has 28 heavy (non-hydrogen) atoms. The largest absolute Gasteiger partial charge is 0.385 e. The number of amides is 1. The molecule has 0 aromatic heterocycles. The molecule has 0 aliphatic heterocycles. The third kappa shape index (κ3) is 9.36. The zero-order valence-corrected chi connectivity index (χ0v) is 18.8. The Morgan fingerprint density at radius 2 is 2.00 bits per heavy atom. The fourth-order valence-electron chi connectivity index (χ4n) is 2.92. The van der Waals surface area contributed by atoms with Crippen LogP contribution in [0.3, 0.4) is 0 Å². The number of carbonyl (C=O) groups excluding carboxylic acids is 1. The molecular formula is C25H41NO2. The molecule has 0 bridgehead atoms. The molecule has 2 rings (SSSR count). The standard InChI is InChI=1S/C19H25NO.C6H14O.H2/c1-13(2)12-20-19(21)8-7-16-11-17-6-5-14(3)9-18(17)10-15(16)4;1-6(2)4-5-7-3;/h5-9,11,13,15H,10,12H2,1-4H3,(H,20,21);6H,4-5H2,1-3H3;1H/b8-7+;;. The van der Waals surface area contributed by atoms with Crippen molar-refractivity contribution in [1.29, 1.82) is 0 Å². The highest BCUT2D eigenvalue weighted by Gasteiger charge is 2.16. The van der Waals surface area contributed by atoms with Crippen molar-refractivity contribution in [1.82, 2.24) is 5.32 Å². The van der Waals surface area contributed by atoms with Crippen molar-refractivity contribution >= 4 is 12.0 Å². The number of benzene rings is 1. The van der Waals surface area contributed by atoms with Gasteiger partial charge < -0.3 is 10.1 Å². The molecule has 1 unspecified atom stereocenters. The predicted molar refractivity (Wildman–Crippen MR) is 122 cm³/mol. The van der Waals surface area contributed by atoms with Gasteiger partial charge in [-0.25, -0.2) is 0 Å². The van der Waals surface area contributed by atoms with Gasteiger partial charge in [0.05, 0.1) is 0 Å². The van der Waals surface area contributed by atoms with Gasteiger partial charge in [-0.15, -0.1) is 0 Å². The molecule has 0 fully saturated rings. The molecule has 0 saturated heterocycles. The van der Waals surface area contributed by atoms with E-state index in [-0.39, 0.29) is 7.33 Å². The fourth-order valence-corrected chi connectivity index (χ4v) is 2.92. The molecule has 0 spiro atoms. The molecule has 1 aromatic rings. The summed E-state index contributed by atoms with van der Waals surface area (Å²) < 4.78 is 4.85. The van der Waals surface area contributed by atoms with Crippen molar-refractivity contribution in [2.45, 2.75) is 54.4 Å². The van der Waals surface area contributed by atoms with Crippen LogP contribution < -0.4 is 5.32 Å². The molecule has 0 heterocycles. The highest BCUT2D eigenvalue weighted by atomic mass is 16.5. The van der Waals surface area contributed by atoms with Crippen molar-refractivity contribution in [2.75, 3.05) is 20.3 Å². The zero-order chi connectivity index (χ0) is 21.1. The summed E-state index contributed by atoms with van der Waals surface area (Å²) in [6.07, 6.45) is 8.04. The fraction of sp³-hybridized carbons (Fsp3) is 0.560. The van der Waals surface area contributed by atoms with Crippen LogP contribution in [-0.2, 0) is 16.0 Å². The number of nitrogens with one attached hydrogen (secondary N) is 1. The van der Waals surface area contributed by atoms with Crippen LogP contribution in [0.15, 0.2) is 35.9 Å². The van der Waals surface area contributed by atoms with Crippen LogP contribution in [0.25, 0.3) is 6.08 Å². The smallest absolute Gasteiger partial charge is 0.243 e. The number of hydrogen-bond donors (Lipinski definition) is 1. The number of aryl methyl sites for hydroxylation is 1. The van der Waals surface area contributed by atoms with Gasteiger partial charge >= 0.3 is 0 Å². The number of fused-ring (bicyclic) bond motifs is 1. The van der Waals surface area contributed by atoms with Gasteiger partial charge in [0.25, 0.3) is 0 Å². The van der Waals surface area contributed by atoms with Gasteiger partial charge in [-0.1, -0.05) is 70.5 Å². The quantitative estimate of drug-likeness (QED) is 0.598. The Balaban J connectivity index is 0.000000846. The van der Waals surface area contributed by atoms with Gasteiger partial charge in [0.1, 0.15) is 0 Å². The summed E-state index contributed by atoms with van der Waals surface area (Å²) in [4.78, 5) is 11.8. The maximum atomic E-state index is 11.8. The van der Waals surface area contributed by atoms with E-state index in [0.717, 1.165) is 25.5 Å². The summed E-state index contributed by atoms with van der Waals surface area (Å²) >= 11 is 0. The van der Waals surface area contributed by atoms with E-state index in [1.54, 1.807) is 13.2 Å². The minimum absolute atomic E-state index is 0. The number of ether oxygens (including phenoxy) is 1. The minimum Gasteiger partial charge on any atom is -0.385 e. The SMILES string of the molecule is COCCC(C)C.Cc1ccc2c(c1)CC(C)C(/C=C/C(=O)NCC(C)C)=C2.[HH]. The third-order valence-electron chi connectivity index (χ3n) is 4.73. The normalized spacial score (nSPS) is 15.9. The summed E-state index contributed by atoms with van der Waals surface area (Å²) in [7, 11) is 1.74. The Labute approximate surface area is 173 Å². The van der Waals surface area contributed by atoms with Crippen LogP contribution in [0.2, 0.25) is 0 Å². The summed E-state index contributed by atoms with van der Waals surface area (Å²) in [6, 6.07) is 6.57. The number of allylic oxidation sites excluding steroid dienone is 2. The lowest BCUT2D eigenvalue weighted by atomic mass is 9.84. The lowest BCUT2D eigenvalue weighted by Gasteiger charge is -2.21. The second kappa shape index (κ2) is 12.6. The van der Waals surface area contributed by atoms with Crippen LogP contribution in [0.1, 0.15) is 59.2 Å². The molecule has 1 amide bonds. The molecule has 1 N–H and O–H groups in total. The second-order valence-corrected chi connectivity index (χ2v) is 8.60. The van der Waals surface area contributed by atoms with Crippen LogP contribution in [0.5, 0.6) is 0 Å². The van der Waals surface area contributed by atoms with Gasteiger partial charge in [0.2, 0.25) is 5.91 Å². The van der Waals surface area contributed by atoms with Crippen LogP contribution in [0.4, 0.5) is 0 Å². The first-order valence-electron chi connectivity index (χ1n) is 10.5. The summed E-state index contributed by atoms with van der Waals surface area (Å²) in [5.74, 6) is 1.70. The molecule has 1 aliphatic rings. The average molecular weight is 388 g/mol. The first-order chi connectivity index (χ1) is 13.2. The van der Waals surface area contributed by atoms with E-state index in [0.29, 0.717) is 11.8 Å². The van der Waals surface area contributed by atoms with Crippen molar-refractivity contribution in [2.24, 2.45) is 17.8 Å². The maximum absolute atomic E-state index is 11.8. The Bertz CT molecular complexity index is 677. The van der Waals surface area contributed by atoms with E-state index < -0.39 is 0 Å². The molecule has 0 saturated carbocycles. The Hall–Kier alpha value is -1.87. The molecular weight excluding hydrogens is 346 g/mol. The summed E-state index contributed by atoms with van der Waals surface area (Å²) in [5.41, 5.74) is 5.22. The Kier molecular flexibility index (Phi) is 10.8. The van der Waals surface area contributed by atoms with Gasteiger partial charge in [-0.3, -0.25) is 4.79 Å². The predicted octanol–water partition coefficient (Wildman–Crippen LogP) is 5.82. The molecule has 3 nitrogen and oxygen atoms in total. The first kappa shape index (κ1) is 24.2. The van der Waals surface area contributed by atoms with E-state index in [4.69, 9.17) is 4.74 Å². The molecule has 0 radical (unpaired) electrons. The van der Waals surface area contributed by atoms with E-state index >= 15 is 0 Å². The van der Waals surface area contributed by atoms with Gasteiger partial charge in [0.15, 0.2) is 0 Å². The highest BCUT2D eigenvalue weighted by molar-refractivity contribution is 5.88. The van der Waals surface area contributed by atoms with E-state index in [1.165, 1.54) is 28.7 Å². The monoisotopic (exact) mass is 387 g/mol. The van der Waals surface area contributed by atoms with Crippen LogP contribution in [-0.4, -0.2) is 26.2 Å². The lowest BCUT2D eigenvalue weighted by Crippen LogP contribution is -2.25. The van der Waals surface area contributed by atoms with Crippen molar-refractivity contribution in [3.8, 4) is 0 Å². The Morgan fingerprint density at radius 3 is 2.57 bits per heavy atom. The average Bonchev–Trinajstić information content (AvgIpc) is 2.63. The van der Waals surface area contributed by atoms with Gasteiger partial charge in [-0.2, -0.15) is 0 Å². The first-order valence-corrected chi connectivity index (χ1v) is 10.5. The number of carbonyl (C=O) groups is 1. The molecule has 3 heteroatoms. The molecule has 1 aliphatic carbocycles. The second-order valence-electron chi connectivity index (χ2n) is 8.60. The van der Waals surface area contributed by atoms with Crippen LogP contribution >= 0.6 is 0 Å². The molecule has 1 aromatic carbocycles. The number of hydrogen-bond acceptors (Lipinski definition) is 2. The van der Waals surface area contributed by atoms with E-state index in [1.807, 2.05) is 6.08 Å². The van der Waals surface area contributed by atoms with Gasteiger partial charge in [-0.05, 0) is 54.2 Å². The lowest BCUT2D eigenvalue weighted by molar-refractivity contribution is -0.116. The van der Waals surface area contributed by atoms with Gasteiger partial charge in [0, 0.05) is 27.8 Å². The van der Waals surface area contributed by atoms with Crippen molar-refractivity contribution in [3.63, 3.8) is 0 Å². The number of rotatable bonds is 7. The summed E-state index contributed by atoms with van der Waals surface area (Å²) in [5, 5.41) is 2.91. The minimum atomic E-state index is -0.00787. The maximum Gasteiger partial charge on any atom is 0.243 e. The van der Waals surface area contributed by atoms with Crippen LogP contribution in [0, 0.1) is 24.7 Å². The van der Waals surface area contributed by atoms with E-state index in [9.17, 15) is 4.79 Å². The highest BCUT2D eigenvalue weighted by Crippen LogP contribution is 2.29.